The van der Waals surface area contributed by atoms with E-state index in [1.54, 1.807) is 6.33 Å². The van der Waals surface area contributed by atoms with Crippen LogP contribution in [0.2, 0.25) is 0 Å². The van der Waals surface area contributed by atoms with Gasteiger partial charge in [0.25, 0.3) is 0 Å². The maximum Gasteiger partial charge on any atom is 0.181 e. The largest absolute Gasteiger partial charge is 0.200 e. The van der Waals surface area contributed by atoms with E-state index in [0.717, 1.165) is 42.6 Å². The summed E-state index contributed by atoms with van der Waals surface area (Å²) in [5, 5.41) is 13.1. The lowest BCUT2D eigenvalue weighted by atomic mass is 9.96. The molecule has 0 saturated heterocycles. The fourth-order valence-corrected chi connectivity index (χ4v) is 2.81. The molecule has 0 N–H and O–H groups in total. The summed E-state index contributed by atoms with van der Waals surface area (Å²) < 4.78 is 1.81. The highest BCUT2D eigenvalue weighted by Gasteiger charge is 2.16. The highest BCUT2D eigenvalue weighted by atomic mass is 15.3. The Balaban J connectivity index is 2.29. The fourth-order valence-electron chi connectivity index (χ4n) is 2.81. The zero-order valence-corrected chi connectivity index (χ0v) is 12.6. The molecule has 3 rings (SSSR count). The molecule has 2 heterocycles. The van der Waals surface area contributed by atoms with Gasteiger partial charge in [0.1, 0.15) is 6.33 Å². The molecule has 4 heteroatoms. The Bertz CT molecular complexity index is 731. The van der Waals surface area contributed by atoms with Gasteiger partial charge < -0.3 is 0 Å². The van der Waals surface area contributed by atoms with Gasteiger partial charge in [-0.05, 0) is 18.4 Å². The SMILES string of the molecule is CCCc1c(-c2ccccc2)nn2cnnc2c1CCC. The van der Waals surface area contributed by atoms with E-state index in [2.05, 4.69) is 48.3 Å². The smallest absolute Gasteiger partial charge is 0.181 e. The molecule has 0 saturated carbocycles. The Kier molecular flexibility index (Phi) is 3.95. The summed E-state index contributed by atoms with van der Waals surface area (Å²) in [5.41, 5.74) is 5.75. The van der Waals surface area contributed by atoms with Gasteiger partial charge in [0.05, 0.1) is 5.69 Å². The van der Waals surface area contributed by atoms with E-state index in [0.29, 0.717) is 0 Å². The predicted molar refractivity (Wildman–Crippen MR) is 84.2 cm³/mol. The van der Waals surface area contributed by atoms with Crippen molar-refractivity contribution in [2.75, 3.05) is 0 Å². The van der Waals surface area contributed by atoms with Crippen molar-refractivity contribution >= 4 is 5.65 Å². The summed E-state index contributed by atoms with van der Waals surface area (Å²) >= 11 is 0. The Morgan fingerprint density at radius 3 is 2.38 bits per heavy atom. The van der Waals surface area contributed by atoms with Gasteiger partial charge in [0, 0.05) is 11.1 Å². The van der Waals surface area contributed by atoms with E-state index >= 15 is 0 Å². The minimum Gasteiger partial charge on any atom is -0.200 e. The molecular formula is C17H20N4. The van der Waals surface area contributed by atoms with Crippen LogP contribution in [0.3, 0.4) is 0 Å². The van der Waals surface area contributed by atoms with Crippen LogP contribution in [0.15, 0.2) is 36.7 Å². The highest BCUT2D eigenvalue weighted by Crippen LogP contribution is 2.28. The van der Waals surface area contributed by atoms with Crippen molar-refractivity contribution in [3.8, 4) is 11.3 Å². The van der Waals surface area contributed by atoms with E-state index in [9.17, 15) is 0 Å². The summed E-state index contributed by atoms with van der Waals surface area (Å²) in [4.78, 5) is 0. The van der Waals surface area contributed by atoms with Crippen LogP contribution in [0.25, 0.3) is 16.9 Å². The van der Waals surface area contributed by atoms with Crippen molar-refractivity contribution in [2.45, 2.75) is 39.5 Å². The Hall–Kier alpha value is -2.23. The predicted octanol–water partition coefficient (Wildman–Crippen LogP) is 3.70. The standard InChI is InChI=1S/C17H20N4/c1-3-8-14-15(9-4-2)17-19-18-12-21(17)20-16(14)13-10-6-5-7-11-13/h5-7,10-12H,3-4,8-9H2,1-2H3. The summed E-state index contributed by atoms with van der Waals surface area (Å²) in [6.07, 6.45) is 5.92. The monoisotopic (exact) mass is 280 g/mol. The molecule has 0 amide bonds. The quantitative estimate of drug-likeness (QED) is 0.715. The Morgan fingerprint density at radius 2 is 1.67 bits per heavy atom. The lowest BCUT2D eigenvalue weighted by molar-refractivity contribution is 0.824. The molecule has 3 aromatic rings. The maximum atomic E-state index is 4.76. The zero-order chi connectivity index (χ0) is 14.7. The summed E-state index contributed by atoms with van der Waals surface area (Å²) in [7, 11) is 0. The van der Waals surface area contributed by atoms with Gasteiger partial charge in [-0.2, -0.15) is 9.61 Å². The first-order chi connectivity index (χ1) is 10.3. The number of nitrogens with zero attached hydrogens (tertiary/aromatic N) is 4. The molecule has 0 unspecified atom stereocenters. The van der Waals surface area contributed by atoms with Gasteiger partial charge in [-0.3, -0.25) is 0 Å². The number of rotatable bonds is 5. The van der Waals surface area contributed by atoms with Crippen LogP contribution in [-0.2, 0) is 12.8 Å². The molecule has 0 radical (unpaired) electrons. The van der Waals surface area contributed by atoms with E-state index in [-0.39, 0.29) is 0 Å². The Morgan fingerprint density at radius 1 is 0.952 bits per heavy atom. The van der Waals surface area contributed by atoms with Gasteiger partial charge in [-0.1, -0.05) is 57.0 Å². The molecule has 2 aromatic heterocycles. The third kappa shape index (κ3) is 2.53. The minimum atomic E-state index is 0.903. The number of aromatic nitrogens is 4. The third-order valence-corrected chi connectivity index (χ3v) is 3.71. The van der Waals surface area contributed by atoms with E-state index < -0.39 is 0 Å². The first-order valence-electron chi connectivity index (χ1n) is 7.62. The van der Waals surface area contributed by atoms with E-state index in [1.807, 2.05) is 10.6 Å². The van der Waals surface area contributed by atoms with Crippen molar-refractivity contribution in [1.29, 1.82) is 0 Å². The Labute approximate surface area is 124 Å². The lowest BCUT2D eigenvalue weighted by Crippen LogP contribution is -2.06. The van der Waals surface area contributed by atoms with Crippen molar-refractivity contribution in [2.24, 2.45) is 0 Å². The van der Waals surface area contributed by atoms with Crippen molar-refractivity contribution < 1.29 is 0 Å². The molecule has 0 atom stereocenters. The molecule has 0 fully saturated rings. The molecule has 0 aliphatic heterocycles. The molecular weight excluding hydrogens is 260 g/mol. The number of fused-ring (bicyclic) bond motifs is 1. The molecule has 0 spiro atoms. The van der Waals surface area contributed by atoms with Gasteiger partial charge in [-0.25, -0.2) is 0 Å². The first-order valence-corrected chi connectivity index (χ1v) is 7.62. The third-order valence-electron chi connectivity index (χ3n) is 3.71. The van der Waals surface area contributed by atoms with Crippen LogP contribution in [0.4, 0.5) is 0 Å². The second-order valence-corrected chi connectivity index (χ2v) is 5.27. The van der Waals surface area contributed by atoms with Crippen LogP contribution >= 0.6 is 0 Å². The molecule has 108 valence electrons. The normalized spacial score (nSPS) is 11.1. The summed E-state index contributed by atoms with van der Waals surface area (Å²) in [6.45, 7) is 4.41. The zero-order valence-electron chi connectivity index (χ0n) is 12.6. The van der Waals surface area contributed by atoms with Crippen LogP contribution in [0, 0.1) is 0 Å². The van der Waals surface area contributed by atoms with Crippen molar-refractivity contribution in [3.63, 3.8) is 0 Å². The fraction of sp³-hybridized carbons (Fsp3) is 0.353. The average Bonchev–Trinajstić information content (AvgIpc) is 2.98. The van der Waals surface area contributed by atoms with Crippen molar-refractivity contribution in [3.05, 3.63) is 47.8 Å². The average molecular weight is 280 g/mol. The molecule has 0 aliphatic rings. The van der Waals surface area contributed by atoms with Crippen LogP contribution < -0.4 is 0 Å². The lowest BCUT2D eigenvalue weighted by Gasteiger charge is -2.14. The summed E-state index contributed by atoms with van der Waals surface area (Å²) in [5.74, 6) is 0. The van der Waals surface area contributed by atoms with Gasteiger partial charge in [-0.15, -0.1) is 10.2 Å². The molecule has 4 nitrogen and oxygen atoms in total. The number of aryl methyl sites for hydroxylation is 1. The van der Waals surface area contributed by atoms with Gasteiger partial charge in [0.2, 0.25) is 0 Å². The highest BCUT2D eigenvalue weighted by molar-refractivity contribution is 5.68. The first kappa shape index (κ1) is 13.7. The second-order valence-electron chi connectivity index (χ2n) is 5.27. The number of hydrogen-bond donors (Lipinski definition) is 0. The second kappa shape index (κ2) is 6.04. The topological polar surface area (TPSA) is 43.1 Å². The molecule has 0 bridgehead atoms. The number of hydrogen-bond acceptors (Lipinski definition) is 3. The molecule has 1 aromatic carbocycles. The van der Waals surface area contributed by atoms with Gasteiger partial charge in [0.15, 0.2) is 5.65 Å². The number of benzene rings is 1. The van der Waals surface area contributed by atoms with Crippen LogP contribution in [0.5, 0.6) is 0 Å². The van der Waals surface area contributed by atoms with Crippen LogP contribution in [-0.4, -0.2) is 19.8 Å². The van der Waals surface area contributed by atoms with E-state index in [4.69, 9.17) is 5.10 Å². The molecule has 0 aliphatic carbocycles. The van der Waals surface area contributed by atoms with Crippen LogP contribution in [0.1, 0.15) is 37.8 Å². The molecule has 21 heavy (non-hydrogen) atoms. The summed E-state index contributed by atoms with van der Waals surface area (Å²) in [6, 6.07) is 10.4. The maximum absolute atomic E-state index is 4.76. The van der Waals surface area contributed by atoms with Gasteiger partial charge >= 0.3 is 0 Å². The van der Waals surface area contributed by atoms with Crippen molar-refractivity contribution in [1.82, 2.24) is 19.8 Å². The van der Waals surface area contributed by atoms with E-state index in [1.165, 1.54) is 11.1 Å². The minimum absolute atomic E-state index is 0.903.